The summed E-state index contributed by atoms with van der Waals surface area (Å²) in [7, 11) is 0. The van der Waals surface area contributed by atoms with E-state index in [0.717, 1.165) is 19.3 Å². The van der Waals surface area contributed by atoms with Gasteiger partial charge in [-0.25, -0.2) is 0 Å². The summed E-state index contributed by atoms with van der Waals surface area (Å²) in [6.07, 6.45) is 19.6. The SMILES string of the molecule is CC/C=C/CCCCCCCCCCCCCCO[C@@H]1[C@H]([C@@H](O)CO)OC[C@H]1O. The van der Waals surface area contributed by atoms with E-state index in [4.69, 9.17) is 14.6 Å². The lowest BCUT2D eigenvalue weighted by Gasteiger charge is -2.23. The molecule has 0 bridgehead atoms. The van der Waals surface area contributed by atoms with Gasteiger partial charge in [-0.15, -0.1) is 0 Å². The van der Waals surface area contributed by atoms with Crippen LogP contribution >= 0.6 is 0 Å². The van der Waals surface area contributed by atoms with E-state index >= 15 is 0 Å². The molecule has 0 aliphatic carbocycles. The van der Waals surface area contributed by atoms with Crippen LogP contribution in [-0.4, -0.2) is 59.6 Å². The maximum atomic E-state index is 9.89. The fourth-order valence-electron chi connectivity index (χ4n) is 3.89. The third-order valence-corrected chi connectivity index (χ3v) is 5.71. The highest BCUT2D eigenvalue weighted by molar-refractivity contribution is 4.89. The molecule has 1 aliphatic rings. The summed E-state index contributed by atoms with van der Waals surface area (Å²) in [4.78, 5) is 0. The van der Waals surface area contributed by atoms with Gasteiger partial charge in [-0.1, -0.05) is 83.3 Å². The summed E-state index contributed by atoms with van der Waals surface area (Å²) in [5.74, 6) is 0. The third kappa shape index (κ3) is 12.7. The maximum Gasteiger partial charge on any atom is 0.114 e. The first-order valence-corrected chi connectivity index (χ1v) is 12.1. The highest BCUT2D eigenvalue weighted by Gasteiger charge is 2.40. The van der Waals surface area contributed by atoms with Crippen molar-refractivity contribution in [2.24, 2.45) is 0 Å². The van der Waals surface area contributed by atoms with Crippen molar-refractivity contribution >= 4 is 0 Å². The Balaban J connectivity index is 1.84. The fourth-order valence-corrected chi connectivity index (χ4v) is 3.89. The van der Waals surface area contributed by atoms with Crippen LogP contribution in [0.5, 0.6) is 0 Å². The number of allylic oxidation sites excluding steroid dienone is 2. The Kier molecular flexibility index (Phi) is 16.8. The van der Waals surface area contributed by atoms with Gasteiger partial charge in [0.25, 0.3) is 0 Å². The average molecular weight is 415 g/mol. The van der Waals surface area contributed by atoms with Crippen molar-refractivity contribution in [1.29, 1.82) is 0 Å². The highest BCUT2D eigenvalue weighted by atomic mass is 16.6. The smallest absolute Gasteiger partial charge is 0.114 e. The van der Waals surface area contributed by atoms with Crippen LogP contribution in [0.2, 0.25) is 0 Å². The van der Waals surface area contributed by atoms with Crippen molar-refractivity contribution < 1.29 is 24.8 Å². The number of aliphatic hydroxyl groups is 3. The van der Waals surface area contributed by atoms with E-state index in [0.29, 0.717) is 6.61 Å². The van der Waals surface area contributed by atoms with Gasteiger partial charge in [0.05, 0.1) is 13.2 Å². The highest BCUT2D eigenvalue weighted by Crippen LogP contribution is 2.21. The first-order valence-electron chi connectivity index (χ1n) is 12.1. The summed E-state index contributed by atoms with van der Waals surface area (Å²) in [5.41, 5.74) is 0. The van der Waals surface area contributed by atoms with Gasteiger partial charge in [0.2, 0.25) is 0 Å². The molecule has 4 atom stereocenters. The van der Waals surface area contributed by atoms with Gasteiger partial charge in [0, 0.05) is 6.61 Å². The van der Waals surface area contributed by atoms with E-state index in [-0.39, 0.29) is 13.2 Å². The molecule has 0 aromatic carbocycles. The van der Waals surface area contributed by atoms with E-state index in [9.17, 15) is 10.2 Å². The molecule has 172 valence electrons. The minimum atomic E-state index is -1.000. The predicted octanol–water partition coefficient (Wildman–Crippen LogP) is 4.52. The van der Waals surface area contributed by atoms with Crippen LogP contribution in [0.3, 0.4) is 0 Å². The molecule has 3 N–H and O–H groups in total. The van der Waals surface area contributed by atoms with Gasteiger partial charge in [0.15, 0.2) is 0 Å². The van der Waals surface area contributed by atoms with Gasteiger partial charge in [-0.2, -0.15) is 0 Å². The Morgan fingerprint density at radius 2 is 1.45 bits per heavy atom. The number of unbranched alkanes of at least 4 members (excludes halogenated alkanes) is 12. The summed E-state index contributed by atoms with van der Waals surface area (Å²) in [6, 6.07) is 0. The van der Waals surface area contributed by atoms with Crippen LogP contribution < -0.4 is 0 Å². The molecule has 5 heteroatoms. The Labute approximate surface area is 178 Å². The molecule has 0 aromatic rings. The predicted molar refractivity (Wildman–Crippen MR) is 118 cm³/mol. The van der Waals surface area contributed by atoms with Crippen molar-refractivity contribution in [2.75, 3.05) is 19.8 Å². The van der Waals surface area contributed by atoms with E-state index < -0.39 is 24.4 Å². The second-order valence-corrected chi connectivity index (χ2v) is 8.36. The lowest BCUT2D eigenvalue weighted by atomic mass is 10.0. The van der Waals surface area contributed by atoms with Gasteiger partial charge >= 0.3 is 0 Å². The normalized spacial score (nSPS) is 23.2. The summed E-state index contributed by atoms with van der Waals surface area (Å²) in [5, 5.41) is 28.7. The van der Waals surface area contributed by atoms with Crippen LogP contribution in [0, 0.1) is 0 Å². The molecule has 0 spiro atoms. The molecular formula is C24H46O5. The van der Waals surface area contributed by atoms with Gasteiger partial charge in [-0.3, -0.25) is 0 Å². The first kappa shape index (κ1) is 26.6. The summed E-state index contributed by atoms with van der Waals surface area (Å²) in [6.45, 7) is 2.52. The second-order valence-electron chi connectivity index (χ2n) is 8.36. The molecule has 0 amide bonds. The molecule has 1 heterocycles. The van der Waals surface area contributed by atoms with E-state index in [1.165, 1.54) is 70.6 Å². The number of rotatable bonds is 19. The standard InChI is InChI=1S/C24H46O5/c1-2-3-4-5-6-7-8-9-10-11-12-13-14-15-16-17-18-28-24-22(27)20-29-23(24)21(26)19-25/h3-4,21-27H,2,5-20H2,1H3/b4-3+/t21-,22+,23-,24-/m0/s1. The zero-order valence-corrected chi connectivity index (χ0v) is 18.6. The Morgan fingerprint density at radius 1 is 0.897 bits per heavy atom. The zero-order chi connectivity index (χ0) is 21.2. The van der Waals surface area contributed by atoms with Crippen molar-refractivity contribution in [1.82, 2.24) is 0 Å². The quantitative estimate of drug-likeness (QED) is 0.214. The molecule has 1 rings (SSSR count). The molecule has 5 nitrogen and oxygen atoms in total. The van der Waals surface area contributed by atoms with Gasteiger partial charge < -0.3 is 24.8 Å². The number of hydrogen-bond acceptors (Lipinski definition) is 5. The van der Waals surface area contributed by atoms with Crippen molar-refractivity contribution in [3.8, 4) is 0 Å². The molecule has 0 saturated carbocycles. The minimum Gasteiger partial charge on any atom is -0.394 e. The summed E-state index contributed by atoms with van der Waals surface area (Å²) < 4.78 is 11.0. The Bertz CT molecular complexity index is 387. The maximum absolute atomic E-state index is 9.89. The fraction of sp³-hybridized carbons (Fsp3) is 0.917. The lowest BCUT2D eigenvalue weighted by Crippen LogP contribution is -2.42. The van der Waals surface area contributed by atoms with Crippen LogP contribution in [0.1, 0.15) is 96.8 Å². The van der Waals surface area contributed by atoms with Gasteiger partial charge in [-0.05, 0) is 25.7 Å². The largest absolute Gasteiger partial charge is 0.394 e. The molecule has 0 aromatic heterocycles. The topological polar surface area (TPSA) is 79.2 Å². The molecular weight excluding hydrogens is 368 g/mol. The molecule has 0 radical (unpaired) electrons. The van der Waals surface area contributed by atoms with Gasteiger partial charge in [0.1, 0.15) is 24.4 Å². The number of aliphatic hydroxyl groups excluding tert-OH is 3. The molecule has 1 fully saturated rings. The van der Waals surface area contributed by atoms with E-state index in [1.54, 1.807) is 0 Å². The molecule has 1 saturated heterocycles. The minimum absolute atomic E-state index is 0.155. The van der Waals surface area contributed by atoms with E-state index in [2.05, 4.69) is 19.1 Å². The second kappa shape index (κ2) is 18.3. The van der Waals surface area contributed by atoms with Crippen molar-refractivity contribution in [3.05, 3.63) is 12.2 Å². The Hall–Kier alpha value is -0.460. The number of ether oxygens (including phenoxy) is 2. The lowest BCUT2D eigenvalue weighted by molar-refractivity contribution is -0.0938. The van der Waals surface area contributed by atoms with Crippen LogP contribution in [0.25, 0.3) is 0 Å². The van der Waals surface area contributed by atoms with Crippen LogP contribution in [0.4, 0.5) is 0 Å². The first-order chi connectivity index (χ1) is 14.2. The molecule has 1 aliphatic heterocycles. The van der Waals surface area contributed by atoms with Crippen molar-refractivity contribution in [2.45, 2.75) is 121 Å². The Morgan fingerprint density at radius 3 is 2.00 bits per heavy atom. The molecule has 0 unspecified atom stereocenters. The summed E-state index contributed by atoms with van der Waals surface area (Å²) >= 11 is 0. The van der Waals surface area contributed by atoms with Crippen LogP contribution in [0.15, 0.2) is 12.2 Å². The monoisotopic (exact) mass is 414 g/mol. The zero-order valence-electron chi connectivity index (χ0n) is 18.6. The van der Waals surface area contributed by atoms with Crippen LogP contribution in [-0.2, 0) is 9.47 Å². The molecule has 29 heavy (non-hydrogen) atoms. The number of hydrogen-bond donors (Lipinski definition) is 3. The average Bonchev–Trinajstić information content (AvgIpc) is 3.10. The van der Waals surface area contributed by atoms with E-state index in [1.807, 2.05) is 0 Å². The van der Waals surface area contributed by atoms with Crippen molar-refractivity contribution in [3.63, 3.8) is 0 Å². The third-order valence-electron chi connectivity index (χ3n) is 5.71.